The summed E-state index contributed by atoms with van der Waals surface area (Å²) < 4.78 is 5.23. The first kappa shape index (κ1) is 28.3. The van der Waals surface area contributed by atoms with Crippen molar-refractivity contribution >= 4 is 17.9 Å². The van der Waals surface area contributed by atoms with E-state index in [0.717, 1.165) is 19.3 Å². The van der Waals surface area contributed by atoms with Gasteiger partial charge in [-0.3, -0.25) is 9.59 Å². The molecule has 1 atom stereocenters. The summed E-state index contributed by atoms with van der Waals surface area (Å²) in [4.78, 5) is 40.4. The van der Waals surface area contributed by atoms with Crippen molar-refractivity contribution in [1.82, 2.24) is 15.5 Å². The maximum absolute atomic E-state index is 13.4. The molecule has 0 aromatic heterocycles. The van der Waals surface area contributed by atoms with Gasteiger partial charge in [-0.25, -0.2) is 4.79 Å². The number of carbonyl (C=O) groups is 3. The van der Waals surface area contributed by atoms with Gasteiger partial charge in [0.05, 0.1) is 0 Å². The Hall–Kier alpha value is -2.77. The number of hydrogen-bond acceptors (Lipinski definition) is 5. The average molecular weight is 464 g/mol. The Morgan fingerprint density at radius 2 is 1.61 bits per heavy atom. The zero-order valence-electron chi connectivity index (χ0n) is 21.2. The largest absolute Gasteiger partial charge is 0.508 e. The van der Waals surface area contributed by atoms with Gasteiger partial charge >= 0.3 is 6.09 Å². The molecule has 0 bridgehead atoms. The van der Waals surface area contributed by atoms with Crippen LogP contribution in [0.3, 0.4) is 0 Å². The van der Waals surface area contributed by atoms with Crippen LogP contribution in [0.4, 0.5) is 4.79 Å². The van der Waals surface area contributed by atoms with Gasteiger partial charge < -0.3 is 25.4 Å². The van der Waals surface area contributed by atoms with Crippen LogP contribution in [0.25, 0.3) is 0 Å². The summed E-state index contributed by atoms with van der Waals surface area (Å²) in [6, 6.07) is 5.34. The van der Waals surface area contributed by atoms with Gasteiger partial charge in [0.2, 0.25) is 11.8 Å². The minimum absolute atomic E-state index is 0.0695. The van der Waals surface area contributed by atoms with Gasteiger partial charge in [-0.05, 0) is 65.2 Å². The normalized spacial score (nSPS) is 12.6. The van der Waals surface area contributed by atoms with Crippen molar-refractivity contribution in [2.24, 2.45) is 0 Å². The molecule has 0 heterocycles. The molecule has 0 saturated heterocycles. The van der Waals surface area contributed by atoms with Crippen LogP contribution < -0.4 is 10.6 Å². The number of nitrogens with one attached hydrogen (secondary N) is 2. The fourth-order valence-electron chi connectivity index (χ4n) is 3.31. The second-order valence-electron chi connectivity index (χ2n) is 9.78. The molecule has 0 radical (unpaired) electrons. The Balaban J connectivity index is 3.25. The minimum Gasteiger partial charge on any atom is -0.508 e. The van der Waals surface area contributed by atoms with Gasteiger partial charge in [-0.2, -0.15) is 0 Å². The Morgan fingerprint density at radius 1 is 1.00 bits per heavy atom. The molecule has 1 aromatic carbocycles. The van der Waals surface area contributed by atoms with Crippen LogP contribution in [-0.4, -0.2) is 52.1 Å². The monoisotopic (exact) mass is 463 g/mol. The van der Waals surface area contributed by atoms with Crippen molar-refractivity contribution in [3.8, 4) is 5.75 Å². The van der Waals surface area contributed by atoms with Crippen molar-refractivity contribution in [2.45, 2.75) is 91.3 Å². The average Bonchev–Trinajstić information content (AvgIpc) is 2.72. The molecule has 1 unspecified atom stereocenters. The molecule has 1 rings (SSSR count). The number of carbonyl (C=O) groups excluding carboxylic acids is 3. The van der Waals surface area contributed by atoms with E-state index in [1.165, 1.54) is 17.0 Å². The summed E-state index contributed by atoms with van der Waals surface area (Å²) >= 11 is 0. The van der Waals surface area contributed by atoms with Gasteiger partial charge in [0.15, 0.2) is 0 Å². The number of nitrogens with zero attached hydrogens (tertiary/aromatic N) is 1. The van der Waals surface area contributed by atoms with Gasteiger partial charge in [-0.15, -0.1) is 0 Å². The smallest absolute Gasteiger partial charge is 0.408 e. The highest BCUT2D eigenvalue weighted by Gasteiger charge is 2.40. The van der Waals surface area contributed by atoms with E-state index in [4.69, 9.17) is 4.74 Å². The number of unbranched alkanes of at least 4 members (excludes halogenated alkanes) is 2. The summed E-state index contributed by atoms with van der Waals surface area (Å²) in [5, 5.41) is 15.2. The van der Waals surface area contributed by atoms with E-state index in [1.54, 1.807) is 32.9 Å². The third-order valence-electron chi connectivity index (χ3n) is 5.36. The number of amides is 3. The molecule has 0 aliphatic carbocycles. The van der Waals surface area contributed by atoms with Crippen LogP contribution in [-0.2, 0) is 14.3 Å². The number of hydrogen-bond donors (Lipinski definition) is 3. The molecule has 186 valence electrons. The summed E-state index contributed by atoms with van der Waals surface area (Å²) in [7, 11) is 0. The lowest BCUT2D eigenvalue weighted by Crippen LogP contribution is -2.56. The second-order valence-corrected chi connectivity index (χ2v) is 9.78. The molecule has 0 fully saturated rings. The van der Waals surface area contributed by atoms with Crippen LogP contribution in [0.2, 0.25) is 0 Å². The van der Waals surface area contributed by atoms with E-state index in [0.29, 0.717) is 18.5 Å². The highest BCUT2D eigenvalue weighted by Crippen LogP contribution is 2.32. The predicted octanol–water partition coefficient (Wildman–Crippen LogP) is 4.28. The molecular formula is C25H41N3O5. The van der Waals surface area contributed by atoms with Gasteiger partial charge in [0.1, 0.15) is 23.9 Å². The maximum Gasteiger partial charge on any atom is 0.408 e. The first-order valence-electron chi connectivity index (χ1n) is 11.7. The summed E-state index contributed by atoms with van der Waals surface area (Å²) in [6.07, 6.45) is 2.75. The van der Waals surface area contributed by atoms with Crippen LogP contribution in [0.1, 0.15) is 85.8 Å². The number of phenolic OH excluding ortho intramolecular Hbond substituents is 1. The Morgan fingerprint density at radius 3 is 2.12 bits per heavy atom. The van der Waals surface area contributed by atoms with Crippen molar-refractivity contribution in [3.05, 3.63) is 29.8 Å². The van der Waals surface area contributed by atoms with E-state index in [9.17, 15) is 19.5 Å². The van der Waals surface area contributed by atoms with Gasteiger partial charge in [0.25, 0.3) is 0 Å². The van der Waals surface area contributed by atoms with Crippen LogP contribution >= 0.6 is 0 Å². The van der Waals surface area contributed by atoms with Crippen LogP contribution in [0, 0.1) is 0 Å². The van der Waals surface area contributed by atoms with E-state index >= 15 is 0 Å². The molecule has 3 N–H and O–H groups in total. The molecule has 3 amide bonds. The minimum atomic E-state index is -0.921. The Labute approximate surface area is 198 Å². The van der Waals surface area contributed by atoms with Crippen molar-refractivity contribution in [1.29, 1.82) is 0 Å². The quantitative estimate of drug-likeness (QED) is 0.425. The number of rotatable bonds is 11. The topological polar surface area (TPSA) is 108 Å². The zero-order chi connectivity index (χ0) is 25.2. The van der Waals surface area contributed by atoms with Crippen LogP contribution in [0.5, 0.6) is 5.75 Å². The van der Waals surface area contributed by atoms with E-state index in [1.807, 2.05) is 20.8 Å². The van der Waals surface area contributed by atoms with Crippen LogP contribution in [0.15, 0.2) is 24.3 Å². The predicted molar refractivity (Wildman–Crippen MR) is 129 cm³/mol. The fourth-order valence-corrected chi connectivity index (χ4v) is 3.31. The third kappa shape index (κ3) is 9.32. The summed E-state index contributed by atoms with van der Waals surface area (Å²) in [5.74, 6) is -0.640. The number of alkyl carbamates (subject to hydrolysis) is 1. The van der Waals surface area contributed by atoms with Crippen molar-refractivity contribution in [3.63, 3.8) is 0 Å². The first-order valence-corrected chi connectivity index (χ1v) is 11.7. The fraction of sp³-hybridized carbons (Fsp3) is 0.640. The summed E-state index contributed by atoms with van der Waals surface area (Å²) in [6.45, 7) is 13.2. The number of ether oxygens (including phenoxy) is 1. The molecule has 0 aliphatic rings. The zero-order valence-corrected chi connectivity index (χ0v) is 21.2. The third-order valence-corrected chi connectivity index (χ3v) is 5.36. The summed E-state index contributed by atoms with van der Waals surface area (Å²) in [5.41, 5.74) is -0.800. The molecule has 33 heavy (non-hydrogen) atoms. The highest BCUT2D eigenvalue weighted by atomic mass is 16.6. The lowest BCUT2D eigenvalue weighted by Gasteiger charge is -2.43. The lowest BCUT2D eigenvalue weighted by atomic mass is 9.93. The Kier molecular flexibility index (Phi) is 10.7. The molecule has 0 aliphatic heterocycles. The van der Waals surface area contributed by atoms with Crippen molar-refractivity contribution in [2.75, 3.05) is 13.1 Å². The lowest BCUT2D eigenvalue weighted by molar-refractivity contribution is -0.146. The van der Waals surface area contributed by atoms with Crippen molar-refractivity contribution < 1.29 is 24.2 Å². The van der Waals surface area contributed by atoms with E-state index < -0.39 is 29.2 Å². The standard InChI is InChI=1S/C25H41N3O5/c1-8-10-11-16-26-22(31)21(18-12-14-19(29)15-13-18)28(25(6,7)9-2)20(30)17-27-23(32)33-24(3,4)5/h12-15,21,29H,8-11,16-17H2,1-7H3,(H,26,31)(H,27,32). The number of benzene rings is 1. The highest BCUT2D eigenvalue weighted by molar-refractivity contribution is 5.91. The Bertz CT molecular complexity index is 784. The molecular weight excluding hydrogens is 422 g/mol. The molecule has 8 nitrogen and oxygen atoms in total. The number of phenols is 1. The SMILES string of the molecule is CCCCCNC(=O)C(c1ccc(O)cc1)N(C(=O)CNC(=O)OC(C)(C)C)C(C)(C)CC. The number of aromatic hydroxyl groups is 1. The molecule has 0 saturated carbocycles. The van der Waals surface area contributed by atoms with Gasteiger partial charge in [-0.1, -0.05) is 38.8 Å². The second kappa shape index (κ2) is 12.5. The first-order chi connectivity index (χ1) is 15.3. The van der Waals surface area contributed by atoms with E-state index in [2.05, 4.69) is 17.6 Å². The van der Waals surface area contributed by atoms with Gasteiger partial charge in [0, 0.05) is 12.1 Å². The van der Waals surface area contributed by atoms with E-state index in [-0.39, 0.29) is 18.2 Å². The molecule has 8 heteroatoms. The molecule has 1 aromatic rings. The maximum atomic E-state index is 13.4. The molecule has 0 spiro atoms.